The lowest BCUT2D eigenvalue weighted by molar-refractivity contribution is -0.120. The molecule has 1 aromatic rings. The molecule has 0 aromatic heterocycles. The van der Waals surface area contributed by atoms with Gasteiger partial charge in [0.25, 0.3) is 0 Å². The standard InChI is InChI=1S/C13H14BBrN2O2/c14-13(19)16-11-3-1-2-8-17(12(11)18)10-6-4-9(15)5-7-10/h4-7,11H,1-3,8H2,(H,16,19). The molecule has 6 heteroatoms. The molecule has 2 amide bonds. The third-order valence-electron chi connectivity index (χ3n) is 3.14. The molecule has 1 aliphatic heterocycles. The highest BCUT2D eigenvalue weighted by molar-refractivity contribution is 9.10. The van der Waals surface area contributed by atoms with Gasteiger partial charge in [0.05, 0.1) is 0 Å². The van der Waals surface area contributed by atoms with Crippen molar-refractivity contribution in [2.75, 3.05) is 11.4 Å². The third-order valence-corrected chi connectivity index (χ3v) is 3.67. The van der Waals surface area contributed by atoms with Crippen LogP contribution in [0.15, 0.2) is 28.7 Å². The predicted molar refractivity (Wildman–Crippen MR) is 78.4 cm³/mol. The van der Waals surface area contributed by atoms with E-state index in [-0.39, 0.29) is 5.91 Å². The zero-order chi connectivity index (χ0) is 13.8. The first-order chi connectivity index (χ1) is 9.08. The van der Waals surface area contributed by atoms with Crippen LogP contribution in [0.25, 0.3) is 0 Å². The highest BCUT2D eigenvalue weighted by Crippen LogP contribution is 2.22. The maximum absolute atomic E-state index is 12.4. The van der Waals surface area contributed by atoms with E-state index in [2.05, 4.69) is 21.2 Å². The quantitative estimate of drug-likeness (QED) is 0.849. The van der Waals surface area contributed by atoms with Gasteiger partial charge in [0.2, 0.25) is 13.8 Å². The van der Waals surface area contributed by atoms with Crippen LogP contribution in [0.2, 0.25) is 0 Å². The van der Waals surface area contributed by atoms with Crippen molar-refractivity contribution in [2.45, 2.75) is 25.3 Å². The van der Waals surface area contributed by atoms with Crippen LogP contribution in [0.5, 0.6) is 0 Å². The molecular weight excluding hydrogens is 307 g/mol. The van der Waals surface area contributed by atoms with Gasteiger partial charge in [-0.25, -0.2) is 0 Å². The second kappa shape index (κ2) is 6.24. The Kier molecular flexibility index (Phi) is 4.63. The monoisotopic (exact) mass is 320 g/mol. The number of halogens is 1. The first-order valence-corrected chi connectivity index (χ1v) is 7.00. The summed E-state index contributed by atoms with van der Waals surface area (Å²) in [6.07, 6.45) is 2.44. The summed E-state index contributed by atoms with van der Waals surface area (Å²) in [5.41, 5.74) is 0.839. The molecule has 1 N–H and O–H groups in total. The lowest BCUT2D eigenvalue weighted by atomic mass is 10.1. The fraction of sp³-hybridized carbons (Fsp3) is 0.385. The minimum atomic E-state index is -0.656. The summed E-state index contributed by atoms with van der Waals surface area (Å²) < 4.78 is 0.963. The second-order valence-electron chi connectivity index (χ2n) is 4.52. The summed E-state index contributed by atoms with van der Waals surface area (Å²) in [6.45, 7) is 0.664. The topological polar surface area (TPSA) is 49.4 Å². The summed E-state index contributed by atoms with van der Waals surface area (Å²) in [5.74, 6) is -0.755. The predicted octanol–water partition coefficient (Wildman–Crippen LogP) is 2.21. The average molecular weight is 321 g/mol. The highest BCUT2D eigenvalue weighted by Gasteiger charge is 2.28. The molecule has 1 aliphatic rings. The van der Waals surface area contributed by atoms with Crippen LogP contribution >= 0.6 is 15.9 Å². The maximum atomic E-state index is 12.4. The van der Waals surface area contributed by atoms with Gasteiger partial charge in [0.1, 0.15) is 6.04 Å². The Bertz CT molecular complexity index is 478. The van der Waals surface area contributed by atoms with E-state index in [0.29, 0.717) is 13.0 Å². The fourth-order valence-electron chi connectivity index (χ4n) is 2.22. The average Bonchev–Trinajstić information content (AvgIpc) is 2.54. The van der Waals surface area contributed by atoms with E-state index in [1.165, 1.54) is 0 Å². The van der Waals surface area contributed by atoms with E-state index in [9.17, 15) is 9.59 Å². The largest absolute Gasteiger partial charge is 0.354 e. The van der Waals surface area contributed by atoms with E-state index >= 15 is 0 Å². The van der Waals surface area contributed by atoms with Crippen molar-refractivity contribution < 1.29 is 9.59 Å². The number of rotatable bonds is 2. The summed E-state index contributed by atoms with van der Waals surface area (Å²) in [4.78, 5) is 25.1. The molecule has 2 radical (unpaired) electrons. The lowest BCUT2D eigenvalue weighted by Crippen LogP contribution is -2.47. The Morgan fingerprint density at radius 1 is 1.32 bits per heavy atom. The SMILES string of the molecule is [B]C(=O)NC1CCCCN(c2ccc(Br)cc2)C1=O. The summed E-state index contributed by atoms with van der Waals surface area (Å²) in [5, 5.41) is 2.52. The molecule has 1 fully saturated rings. The van der Waals surface area contributed by atoms with Crippen molar-refractivity contribution >= 4 is 41.2 Å². The Morgan fingerprint density at radius 2 is 2.00 bits per heavy atom. The number of nitrogens with zero attached hydrogens (tertiary/aromatic N) is 1. The van der Waals surface area contributed by atoms with Gasteiger partial charge in [0.15, 0.2) is 5.81 Å². The Balaban J connectivity index is 2.20. The molecule has 1 saturated heterocycles. The van der Waals surface area contributed by atoms with Gasteiger partial charge in [-0.05, 0) is 43.5 Å². The molecule has 0 bridgehead atoms. The van der Waals surface area contributed by atoms with Gasteiger partial charge in [-0.3, -0.25) is 9.59 Å². The second-order valence-corrected chi connectivity index (χ2v) is 5.44. The first-order valence-electron chi connectivity index (χ1n) is 6.21. The van der Waals surface area contributed by atoms with Crippen LogP contribution in [0.4, 0.5) is 10.5 Å². The van der Waals surface area contributed by atoms with Crippen LogP contribution in [0.3, 0.4) is 0 Å². The van der Waals surface area contributed by atoms with Crippen LogP contribution in [-0.4, -0.2) is 32.1 Å². The Labute approximate surface area is 122 Å². The van der Waals surface area contributed by atoms with E-state index in [1.54, 1.807) is 4.90 Å². The number of hydrogen-bond donors (Lipinski definition) is 1. The highest BCUT2D eigenvalue weighted by atomic mass is 79.9. The van der Waals surface area contributed by atoms with Crippen molar-refractivity contribution in [3.8, 4) is 0 Å². The number of carbonyl (C=O) groups excluding carboxylic acids is 2. The normalized spacial score (nSPS) is 19.9. The fourth-order valence-corrected chi connectivity index (χ4v) is 2.49. The third kappa shape index (κ3) is 3.59. The van der Waals surface area contributed by atoms with E-state index < -0.39 is 11.8 Å². The van der Waals surface area contributed by atoms with E-state index in [0.717, 1.165) is 23.0 Å². The molecule has 1 aromatic carbocycles. The molecule has 4 nitrogen and oxygen atoms in total. The van der Waals surface area contributed by atoms with Crippen LogP contribution in [0.1, 0.15) is 19.3 Å². The van der Waals surface area contributed by atoms with Crippen molar-refractivity contribution in [2.24, 2.45) is 0 Å². The molecular formula is C13H14BBrN2O2. The van der Waals surface area contributed by atoms with Gasteiger partial charge in [-0.1, -0.05) is 15.9 Å². The van der Waals surface area contributed by atoms with Crippen LogP contribution < -0.4 is 10.2 Å². The van der Waals surface area contributed by atoms with Gasteiger partial charge in [-0.2, -0.15) is 0 Å². The zero-order valence-corrected chi connectivity index (χ0v) is 12.0. The van der Waals surface area contributed by atoms with Crippen molar-refractivity contribution in [1.29, 1.82) is 0 Å². The summed E-state index contributed by atoms with van der Waals surface area (Å²) >= 11 is 3.37. The van der Waals surface area contributed by atoms with Gasteiger partial charge < -0.3 is 10.2 Å². The molecule has 0 spiro atoms. The minimum absolute atomic E-state index is 0.0985. The van der Waals surface area contributed by atoms with Crippen LogP contribution in [0, 0.1) is 0 Å². The lowest BCUT2D eigenvalue weighted by Gasteiger charge is -2.25. The molecule has 0 aliphatic carbocycles. The summed E-state index contributed by atoms with van der Waals surface area (Å²) in [6, 6.07) is 7.03. The molecule has 1 unspecified atom stereocenters. The van der Waals surface area contributed by atoms with Crippen molar-refractivity contribution in [3.05, 3.63) is 28.7 Å². The maximum Gasteiger partial charge on any atom is 0.249 e. The van der Waals surface area contributed by atoms with E-state index in [1.807, 2.05) is 24.3 Å². The van der Waals surface area contributed by atoms with Crippen molar-refractivity contribution in [1.82, 2.24) is 5.32 Å². The molecule has 98 valence electrons. The van der Waals surface area contributed by atoms with Crippen LogP contribution in [-0.2, 0) is 4.79 Å². The first kappa shape index (κ1) is 14.1. The number of amides is 2. The molecule has 0 saturated carbocycles. The van der Waals surface area contributed by atoms with E-state index in [4.69, 9.17) is 7.85 Å². The van der Waals surface area contributed by atoms with Crippen molar-refractivity contribution in [3.63, 3.8) is 0 Å². The van der Waals surface area contributed by atoms with Gasteiger partial charge >= 0.3 is 0 Å². The molecule has 2 rings (SSSR count). The molecule has 1 atom stereocenters. The number of carbonyl (C=O) groups is 2. The zero-order valence-electron chi connectivity index (χ0n) is 10.4. The molecule has 1 heterocycles. The Morgan fingerprint density at radius 3 is 2.63 bits per heavy atom. The van der Waals surface area contributed by atoms with Gasteiger partial charge in [-0.15, -0.1) is 0 Å². The number of hydrogen-bond acceptors (Lipinski definition) is 2. The van der Waals surface area contributed by atoms with Gasteiger partial charge in [0, 0.05) is 16.7 Å². The minimum Gasteiger partial charge on any atom is -0.354 e. The molecule has 19 heavy (non-hydrogen) atoms. The Hall–Kier alpha value is -1.30. The number of nitrogens with one attached hydrogen (secondary N) is 1. The number of benzene rings is 1. The summed E-state index contributed by atoms with van der Waals surface area (Å²) in [7, 11) is 5.11. The smallest absolute Gasteiger partial charge is 0.249 e. The number of anilines is 1.